The van der Waals surface area contributed by atoms with E-state index in [1.54, 1.807) is 4.90 Å². The summed E-state index contributed by atoms with van der Waals surface area (Å²) in [7, 11) is 3.95. The third kappa shape index (κ3) is 2.28. The van der Waals surface area contributed by atoms with Crippen LogP contribution in [0.2, 0.25) is 0 Å². The summed E-state index contributed by atoms with van der Waals surface area (Å²) in [6.07, 6.45) is 2.26. The minimum absolute atomic E-state index is 0.00176. The average Bonchev–Trinajstić information content (AvgIpc) is 2.81. The predicted octanol–water partition coefficient (Wildman–Crippen LogP) is 0.579. The van der Waals surface area contributed by atoms with Crippen LogP contribution in [0, 0.1) is 5.82 Å². The normalized spacial score (nSPS) is 19.6. The molecule has 0 aromatic carbocycles. The molecule has 1 aliphatic rings. The van der Waals surface area contributed by atoms with Crippen molar-refractivity contribution in [2.75, 3.05) is 32.9 Å². The van der Waals surface area contributed by atoms with E-state index in [0.29, 0.717) is 19.1 Å². The van der Waals surface area contributed by atoms with Gasteiger partial charge in [-0.3, -0.25) is 4.79 Å². The molecule has 2 heterocycles. The van der Waals surface area contributed by atoms with Crippen molar-refractivity contribution in [3.8, 4) is 0 Å². The fourth-order valence-corrected chi connectivity index (χ4v) is 2.14. The summed E-state index contributed by atoms with van der Waals surface area (Å²) >= 11 is 0. The Labute approximate surface area is 105 Å². The molecule has 0 radical (unpaired) electrons. The number of likely N-dealkylation sites (tertiary alicyclic amines) is 1. The first-order valence-corrected chi connectivity index (χ1v) is 5.86. The zero-order valence-electron chi connectivity index (χ0n) is 10.6. The van der Waals surface area contributed by atoms with E-state index in [4.69, 9.17) is 5.73 Å². The van der Waals surface area contributed by atoms with Crippen LogP contribution in [0.4, 0.5) is 10.2 Å². The topological polar surface area (TPSA) is 62.5 Å². The van der Waals surface area contributed by atoms with Crippen LogP contribution >= 0.6 is 0 Å². The number of nitrogen functional groups attached to an aromatic ring is 1. The van der Waals surface area contributed by atoms with Crippen molar-refractivity contribution in [1.82, 2.24) is 14.8 Å². The lowest BCUT2D eigenvalue weighted by Gasteiger charge is -2.20. The molecule has 1 atom stereocenters. The standard InChI is InChI=1S/C12H17FN4O/c1-16(2)8-4-6-17(7-8)12(18)9-3-5-15-11(14)10(9)13/h3,5,8H,4,6-7H2,1-2H3,(H2,14,15). The van der Waals surface area contributed by atoms with Gasteiger partial charge in [-0.15, -0.1) is 0 Å². The molecule has 1 aromatic rings. The van der Waals surface area contributed by atoms with Crippen LogP contribution in [-0.2, 0) is 0 Å². The molecule has 2 rings (SSSR count). The van der Waals surface area contributed by atoms with Crippen molar-refractivity contribution < 1.29 is 9.18 Å². The molecule has 6 heteroatoms. The number of hydrogen-bond acceptors (Lipinski definition) is 4. The SMILES string of the molecule is CN(C)C1CCN(C(=O)c2ccnc(N)c2F)C1. The highest BCUT2D eigenvalue weighted by molar-refractivity contribution is 5.95. The van der Waals surface area contributed by atoms with Gasteiger partial charge in [-0.05, 0) is 26.6 Å². The first-order valence-electron chi connectivity index (χ1n) is 5.86. The molecule has 2 N–H and O–H groups in total. The molecular weight excluding hydrogens is 235 g/mol. The van der Waals surface area contributed by atoms with Gasteiger partial charge in [0.25, 0.3) is 5.91 Å². The summed E-state index contributed by atoms with van der Waals surface area (Å²) in [5, 5.41) is 0. The molecule has 1 aliphatic heterocycles. The number of nitrogens with two attached hydrogens (primary N) is 1. The summed E-state index contributed by atoms with van der Waals surface area (Å²) in [5.41, 5.74) is 5.37. The van der Waals surface area contributed by atoms with Crippen molar-refractivity contribution in [3.63, 3.8) is 0 Å². The van der Waals surface area contributed by atoms with Gasteiger partial charge in [0.05, 0.1) is 5.56 Å². The fourth-order valence-electron chi connectivity index (χ4n) is 2.14. The number of aromatic nitrogens is 1. The van der Waals surface area contributed by atoms with Crippen LogP contribution in [0.3, 0.4) is 0 Å². The molecule has 98 valence electrons. The van der Waals surface area contributed by atoms with E-state index >= 15 is 0 Å². The van der Waals surface area contributed by atoms with Crippen LogP contribution in [0.15, 0.2) is 12.3 Å². The van der Waals surface area contributed by atoms with Gasteiger partial charge in [0, 0.05) is 25.3 Å². The molecule has 1 saturated heterocycles. The maximum absolute atomic E-state index is 13.7. The Kier molecular flexibility index (Phi) is 3.47. The zero-order valence-corrected chi connectivity index (χ0v) is 10.6. The second-order valence-electron chi connectivity index (χ2n) is 4.72. The van der Waals surface area contributed by atoms with Gasteiger partial charge in [0.15, 0.2) is 11.6 Å². The van der Waals surface area contributed by atoms with Gasteiger partial charge in [0.2, 0.25) is 0 Å². The van der Waals surface area contributed by atoms with Gasteiger partial charge in [-0.25, -0.2) is 9.37 Å². The summed E-state index contributed by atoms with van der Waals surface area (Å²) in [4.78, 5) is 19.5. The van der Waals surface area contributed by atoms with E-state index in [0.717, 1.165) is 6.42 Å². The summed E-state index contributed by atoms with van der Waals surface area (Å²) in [6.45, 7) is 1.26. The predicted molar refractivity (Wildman–Crippen MR) is 66.6 cm³/mol. The van der Waals surface area contributed by atoms with Crippen molar-refractivity contribution in [1.29, 1.82) is 0 Å². The summed E-state index contributed by atoms with van der Waals surface area (Å²) in [5.74, 6) is -1.27. The van der Waals surface area contributed by atoms with E-state index in [-0.39, 0.29) is 17.3 Å². The first-order chi connectivity index (χ1) is 8.50. The number of likely N-dealkylation sites (N-methyl/N-ethyl adjacent to an activating group) is 1. The van der Waals surface area contributed by atoms with Crippen molar-refractivity contribution in [2.24, 2.45) is 0 Å². The zero-order chi connectivity index (χ0) is 13.3. The largest absolute Gasteiger partial charge is 0.381 e. The third-order valence-corrected chi connectivity index (χ3v) is 3.33. The monoisotopic (exact) mass is 252 g/mol. The lowest BCUT2D eigenvalue weighted by molar-refractivity contribution is 0.0778. The lowest BCUT2D eigenvalue weighted by atomic mass is 10.2. The quantitative estimate of drug-likeness (QED) is 0.836. The van der Waals surface area contributed by atoms with E-state index in [1.807, 2.05) is 14.1 Å². The number of halogens is 1. The Balaban J connectivity index is 2.16. The van der Waals surface area contributed by atoms with Crippen LogP contribution in [0.1, 0.15) is 16.8 Å². The Morgan fingerprint density at radius 2 is 2.33 bits per heavy atom. The molecule has 0 aliphatic carbocycles. The number of nitrogens with zero attached hydrogens (tertiary/aromatic N) is 3. The molecule has 5 nitrogen and oxygen atoms in total. The van der Waals surface area contributed by atoms with Gasteiger partial charge in [0.1, 0.15) is 0 Å². The minimum Gasteiger partial charge on any atom is -0.381 e. The Hall–Kier alpha value is -1.69. The molecule has 0 saturated carbocycles. The van der Waals surface area contributed by atoms with Crippen LogP contribution < -0.4 is 5.73 Å². The maximum atomic E-state index is 13.7. The lowest BCUT2D eigenvalue weighted by Crippen LogP contribution is -2.34. The Morgan fingerprint density at radius 1 is 1.61 bits per heavy atom. The number of anilines is 1. The summed E-state index contributed by atoms with van der Waals surface area (Å²) < 4.78 is 13.7. The number of hydrogen-bond donors (Lipinski definition) is 1. The maximum Gasteiger partial charge on any atom is 0.257 e. The van der Waals surface area contributed by atoms with Crippen LogP contribution in [0.5, 0.6) is 0 Å². The number of carbonyl (C=O) groups excluding carboxylic acids is 1. The van der Waals surface area contributed by atoms with E-state index in [1.165, 1.54) is 12.3 Å². The highest BCUT2D eigenvalue weighted by atomic mass is 19.1. The van der Waals surface area contributed by atoms with Gasteiger partial charge >= 0.3 is 0 Å². The number of amides is 1. The molecule has 0 spiro atoms. The number of carbonyl (C=O) groups is 1. The first kappa shape index (κ1) is 12.8. The molecule has 1 aromatic heterocycles. The van der Waals surface area contributed by atoms with Crippen LogP contribution in [-0.4, -0.2) is 53.9 Å². The van der Waals surface area contributed by atoms with Crippen LogP contribution in [0.25, 0.3) is 0 Å². The van der Waals surface area contributed by atoms with E-state index in [9.17, 15) is 9.18 Å². The Morgan fingerprint density at radius 3 is 2.94 bits per heavy atom. The second kappa shape index (κ2) is 4.89. The summed E-state index contributed by atoms with van der Waals surface area (Å²) in [6, 6.07) is 1.70. The number of rotatable bonds is 2. The van der Waals surface area contributed by atoms with Gasteiger partial charge < -0.3 is 15.5 Å². The van der Waals surface area contributed by atoms with Crippen molar-refractivity contribution >= 4 is 11.7 Å². The number of pyridine rings is 1. The molecular formula is C12H17FN4O. The average molecular weight is 252 g/mol. The highest BCUT2D eigenvalue weighted by Crippen LogP contribution is 2.19. The van der Waals surface area contributed by atoms with E-state index in [2.05, 4.69) is 9.88 Å². The second-order valence-corrected chi connectivity index (χ2v) is 4.72. The third-order valence-electron chi connectivity index (χ3n) is 3.33. The minimum atomic E-state index is -0.726. The highest BCUT2D eigenvalue weighted by Gasteiger charge is 2.29. The van der Waals surface area contributed by atoms with Crippen molar-refractivity contribution in [2.45, 2.75) is 12.5 Å². The molecule has 0 bridgehead atoms. The molecule has 1 fully saturated rings. The molecule has 1 amide bonds. The Bertz CT molecular complexity index is 463. The molecule has 1 unspecified atom stereocenters. The van der Waals surface area contributed by atoms with Gasteiger partial charge in [-0.1, -0.05) is 0 Å². The fraction of sp³-hybridized carbons (Fsp3) is 0.500. The smallest absolute Gasteiger partial charge is 0.257 e. The molecule has 18 heavy (non-hydrogen) atoms. The van der Waals surface area contributed by atoms with E-state index < -0.39 is 5.82 Å². The van der Waals surface area contributed by atoms with Crippen molar-refractivity contribution in [3.05, 3.63) is 23.6 Å². The van der Waals surface area contributed by atoms with Gasteiger partial charge in [-0.2, -0.15) is 0 Å².